The molecule has 0 aromatic heterocycles. The van der Waals surface area contributed by atoms with Crippen LogP contribution in [0.2, 0.25) is 0 Å². The van der Waals surface area contributed by atoms with E-state index in [9.17, 15) is 4.79 Å². The van der Waals surface area contributed by atoms with E-state index in [1.807, 2.05) is 13.8 Å². The largest absolute Gasteiger partial charge is 0.448 e. The van der Waals surface area contributed by atoms with Gasteiger partial charge in [0.25, 0.3) is 0 Å². The van der Waals surface area contributed by atoms with E-state index in [0.717, 1.165) is 12.8 Å². The molecule has 1 heterocycles. The first kappa shape index (κ1) is 10.3. The molecule has 1 rings (SSSR count). The molecule has 0 spiro atoms. The van der Waals surface area contributed by atoms with Gasteiger partial charge in [0.15, 0.2) is 0 Å². The van der Waals surface area contributed by atoms with Crippen LogP contribution in [0.3, 0.4) is 0 Å². The molecule has 0 unspecified atom stereocenters. The van der Waals surface area contributed by atoms with Crippen LogP contribution in [0.4, 0.5) is 4.79 Å². The van der Waals surface area contributed by atoms with Crippen molar-refractivity contribution in [2.75, 3.05) is 19.8 Å². The summed E-state index contributed by atoms with van der Waals surface area (Å²) in [6, 6.07) is 0. The zero-order valence-corrected chi connectivity index (χ0v) is 8.28. The van der Waals surface area contributed by atoms with Gasteiger partial charge in [0, 0.05) is 0 Å². The minimum Gasteiger partial charge on any atom is -0.448 e. The van der Waals surface area contributed by atoms with Crippen molar-refractivity contribution in [2.24, 2.45) is 5.92 Å². The van der Waals surface area contributed by atoms with Crippen LogP contribution in [0.15, 0.2) is 0 Å². The summed E-state index contributed by atoms with van der Waals surface area (Å²) in [4.78, 5) is 16.4. The Bertz CT molecular complexity index is 164. The van der Waals surface area contributed by atoms with Crippen LogP contribution in [0.25, 0.3) is 0 Å². The fraction of sp³-hybridized carbons (Fsp3) is 0.889. The fourth-order valence-electron chi connectivity index (χ4n) is 1.05. The SMILES string of the molecule is CC(C)COC(=O)N1CCCCO1. The van der Waals surface area contributed by atoms with Gasteiger partial charge in [-0.15, -0.1) is 0 Å². The van der Waals surface area contributed by atoms with Gasteiger partial charge in [-0.1, -0.05) is 13.8 Å². The molecule has 0 saturated carbocycles. The number of carbonyl (C=O) groups is 1. The lowest BCUT2D eigenvalue weighted by Crippen LogP contribution is -2.36. The summed E-state index contributed by atoms with van der Waals surface area (Å²) in [5.41, 5.74) is 0. The predicted molar refractivity (Wildman–Crippen MR) is 48.1 cm³/mol. The lowest BCUT2D eigenvalue weighted by molar-refractivity contribution is -0.157. The first-order valence-electron chi connectivity index (χ1n) is 4.77. The summed E-state index contributed by atoms with van der Waals surface area (Å²) in [7, 11) is 0. The third kappa shape index (κ3) is 3.63. The monoisotopic (exact) mass is 187 g/mol. The quantitative estimate of drug-likeness (QED) is 0.661. The number of hydroxylamine groups is 2. The Hall–Kier alpha value is -0.770. The minimum atomic E-state index is -0.353. The van der Waals surface area contributed by atoms with E-state index in [0.29, 0.717) is 25.7 Å². The molecule has 1 amide bonds. The van der Waals surface area contributed by atoms with Gasteiger partial charge in [-0.25, -0.2) is 4.79 Å². The number of nitrogens with zero attached hydrogens (tertiary/aromatic N) is 1. The minimum absolute atomic E-state index is 0.353. The maximum atomic E-state index is 11.3. The van der Waals surface area contributed by atoms with E-state index in [1.165, 1.54) is 5.06 Å². The molecule has 0 N–H and O–H groups in total. The maximum Gasteiger partial charge on any atom is 0.433 e. The normalized spacial score (nSPS) is 17.6. The Morgan fingerprint density at radius 1 is 1.54 bits per heavy atom. The molecule has 0 aromatic carbocycles. The summed E-state index contributed by atoms with van der Waals surface area (Å²) in [5, 5.41) is 1.31. The number of hydrogen-bond acceptors (Lipinski definition) is 3. The highest BCUT2D eigenvalue weighted by atomic mass is 16.7. The second-order valence-electron chi connectivity index (χ2n) is 3.61. The number of hydrogen-bond donors (Lipinski definition) is 0. The number of rotatable bonds is 2. The maximum absolute atomic E-state index is 11.3. The van der Waals surface area contributed by atoms with Crippen molar-refractivity contribution >= 4 is 6.09 Å². The molecule has 1 aliphatic heterocycles. The first-order chi connectivity index (χ1) is 6.20. The highest BCUT2D eigenvalue weighted by molar-refractivity contribution is 5.66. The third-order valence-electron chi connectivity index (χ3n) is 1.75. The summed E-state index contributed by atoms with van der Waals surface area (Å²) < 4.78 is 5.00. The van der Waals surface area contributed by atoms with Crippen LogP contribution < -0.4 is 0 Å². The van der Waals surface area contributed by atoms with Gasteiger partial charge in [0.1, 0.15) is 0 Å². The third-order valence-corrected chi connectivity index (χ3v) is 1.75. The number of ether oxygens (including phenoxy) is 1. The van der Waals surface area contributed by atoms with E-state index in [2.05, 4.69) is 0 Å². The molecule has 0 atom stereocenters. The van der Waals surface area contributed by atoms with Crippen molar-refractivity contribution in [2.45, 2.75) is 26.7 Å². The molecule has 13 heavy (non-hydrogen) atoms. The Morgan fingerprint density at radius 2 is 2.31 bits per heavy atom. The molecule has 1 saturated heterocycles. The zero-order valence-electron chi connectivity index (χ0n) is 8.28. The summed E-state index contributed by atoms with van der Waals surface area (Å²) >= 11 is 0. The molecule has 4 nitrogen and oxygen atoms in total. The standard InChI is InChI=1S/C9H17NO3/c1-8(2)7-12-9(11)10-5-3-4-6-13-10/h8H,3-7H2,1-2H3. The van der Waals surface area contributed by atoms with Crippen molar-refractivity contribution in [3.63, 3.8) is 0 Å². The number of carbonyl (C=O) groups excluding carboxylic acids is 1. The van der Waals surface area contributed by atoms with E-state index in [1.54, 1.807) is 0 Å². The van der Waals surface area contributed by atoms with Gasteiger partial charge in [-0.05, 0) is 18.8 Å². The molecule has 0 radical (unpaired) electrons. The molecule has 1 aliphatic rings. The molecule has 0 bridgehead atoms. The Morgan fingerprint density at radius 3 is 2.85 bits per heavy atom. The summed E-state index contributed by atoms with van der Waals surface area (Å²) in [6.07, 6.45) is 1.67. The van der Waals surface area contributed by atoms with Crippen molar-refractivity contribution in [1.82, 2.24) is 5.06 Å². The van der Waals surface area contributed by atoms with Crippen LogP contribution in [-0.4, -0.2) is 30.9 Å². The predicted octanol–water partition coefficient (Wildman–Crippen LogP) is 1.81. The molecule has 4 heteroatoms. The Balaban J connectivity index is 2.21. The summed E-state index contributed by atoms with van der Waals surface area (Å²) in [6.45, 7) is 5.74. The van der Waals surface area contributed by atoms with Crippen molar-refractivity contribution in [3.8, 4) is 0 Å². The average molecular weight is 187 g/mol. The van der Waals surface area contributed by atoms with Crippen molar-refractivity contribution in [1.29, 1.82) is 0 Å². The molecule has 76 valence electrons. The Kier molecular flexibility index (Phi) is 4.02. The first-order valence-corrected chi connectivity index (χ1v) is 4.77. The van der Waals surface area contributed by atoms with E-state index in [4.69, 9.17) is 9.57 Å². The van der Waals surface area contributed by atoms with Gasteiger partial charge >= 0.3 is 6.09 Å². The van der Waals surface area contributed by atoms with Gasteiger partial charge in [0.2, 0.25) is 0 Å². The van der Waals surface area contributed by atoms with Crippen LogP contribution in [0.5, 0.6) is 0 Å². The van der Waals surface area contributed by atoms with Crippen LogP contribution in [0, 0.1) is 5.92 Å². The lowest BCUT2D eigenvalue weighted by atomic mass is 10.2. The molecular weight excluding hydrogens is 170 g/mol. The molecule has 0 aromatic rings. The van der Waals surface area contributed by atoms with Crippen molar-refractivity contribution < 1.29 is 14.4 Å². The van der Waals surface area contributed by atoms with Crippen LogP contribution in [-0.2, 0) is 9.57 Å². The van der Waals surface area contributed by atoms with E-state index < -0.39 is 0 Å². The van der Waals surface area contributed by atoms with E-state index >= 15 is 0 Å². The van der Waals surface area contributed by atoms with Crippen LogP contribution in [0.1, 0.15) is 26.7 Å². The summed E-state index contributed by atoms with van der Waals surface area (Å²) in [5.74, 6) is 0.369. The fourth-order valence-corrected chi connectivity index (χ4v) is 1.05. The number of amides is 1. The highest BCUT2D eigenvalue weighted by Crippen LogP contribution is 2.07. The van der Waals surface area contributed by atoms with Crippen LogP contribution >= 0.6 is 0 Å². The van der Waals surface area contributed by atoms with Gasteiger partial charge < -0.3 is 4.74 Å². The van der Waals surface area contributed by atoms with Crippen molar-refractivity contribution in [3.05, 3.63) is 0 Å². The molecule has 1 fully saturated rings. The molecular formula is C9H17NO3. The average Bonchev–Trinajstić information content (AvgIpc) is 2.15. The van der Waals surface area contributed by atoms with Gasteiger partial charge in [0.05, 0.1) is 19.8 Å². The topological polar surface area (TPSA) is 38.8 Å². The smallest absolute Gasteiger partial charge is 0.433 e. The second-order valence-corrected chi connectivity index (χ2v) is 3.61. The van der Waals surface area contributed by atoms with Gasteiger partial charge in [-0.3, -0.25) is 4.84 Å². The zero-order chi connectivity index (χ0) is 9.68. The van der Waals surface area contributed by atoms with E-state index in [-0.39, 0.29) is 6.09 Å². The highest BCUT2D eigenvalue weighted by Gasteiger charge is 2.18. The molecule has 0 aliphatic carbocycles. The lowest BCUT2D eigenvalue weighted by Gasteiger charge is -2.25. The Labute approximate surface area is 78.8 Å². The second kappa shape index (κ2) is 5.07. The van der Waals surface area contributed by atoms with Gasteiger partial charge in [-0.2, -0.15) is 5.06 Å².